The molecule has 0 aliphatic heterocycles. The quantitative estimate of drug-likeness (QED) is 0.201. The molecule has 0 fully saturated rings. The zero-order valence-electron chi connectivity index (χ0n) is 19.4. The minimum Gasteiger partial charge on any atom is -0.497 e. The fourth-order valence-corrected chi connectivity index (χ4v) is 3.32. The van der Waals surface area contributed by atoms with Crippen molar-refractivity contribution >= 4 is 0 Å². The molecule has 1 atom stereocenters. The molecule has 4 nitrogen and oxygen atoms in total. The zero-order chi connectivity index (χ0) is 23.0. The fraction of sp³-hybridized carbons (Fsp3) is 0.310. The smallest absolute Gasteiger partial charge is 0.118 e. The van der Waals surface area contributed by atoms with Gasteiger partial charge in [0, 0.05) is 6.61 Å². The first-order valence-corrected chi connectivity index (χ1v) is 11.5. The van der Waals surface area contributed by atoms with Gasteiger partial charge in [0.1, 0.15) is 5.75 Å². The van der Waals surface area contributed by atoms with Crippen LogP contribution in [-0.2, 0) is 34.0 Å². The summed E-state index contributed by atoms with van der Waals surface area (Å²) in [6.45, 7) is 3.04. The van der Waals surface area contributed by atoms with Crippen LogP contribution < -0.4 is 4.74 Å². The van der Waals surface area contributed by atoms with E-state index in [4.69, 9.17) is 18.9 Å². The Morgan fingerprint density at radius 1 is 0.667 bits per heavy atom. The first kappa shape index (κ1) is 24.7. The number of ether oxygens (including phenoxy) is 4. The summed E-state index contributed by atoms with van der Waals surface area (Å²) in [5, 5.41) is 0. The van der Waals surface area contributed by atoms with Gasteiger partial charge in [0.25, 0.3) is 0 Å². The van der Waals surface area contributed by atoms with Gasteiger partial charge in [-0.1, -0.05) is 84.9 Å². The van der Waals surface area contributed by atoms with Gasteiger partial charge < -0.3 is 18.9 Å². The summed E-state index contributed by atoms with van der Waals surface area (Å²) in [5.41, 5.74) is 3.50. The molecule has 0 aliphatic carbocycles. The summed E-state index contributed by atoms with van der Waals surface area (Å²) < 4.78 is 23.0. The molecule has 0 unspecified atom stereocenters. The third kappa shape index (κ3) is 10.0. The molecular formula is C29H34O4. The molecule has 174 valence electrons. The standard InChI is InChI=1S/C29H34O4/c1-30-28-17-15-27(16-18-28)23-31-20-9-8-14-29(33-24-26-12-6-3-7-13-26)19-21-32-22-25-10-4-2-5-11-25/h2-13,15-18,29H,14,19-24H2,1H3/b9-8+/t29-/m0/s1. The van der Waals surface area contributed by atoms with Crippen LogP contribution in [0.15, 0.2) is 97.1 Å². The van der Waals surface area contributed by atoms with Crippen LogP contribution >= 0.6 is 0 Å². The Labute approximate surface area is 197 Å². The van der Waals surface area contributed by atoms with E-state index in [1.807, 2.05) is 60.7 Å². The first-order chi connectivity index (χ1) is 16.3. The van der Waals surface area contributed by atoms with Crippen LogP contribution in [0.4, 0.5) is 0 Å². The second-order valence-electron chi connectivity index (χ2n) is 7.82. The molecule has 0 radical (unpaired) electrons. The molecule has 0 aromatic heterocycles. The topological polar surface area (TPSA) is 36.9 Å². The lowest BCUT2D eigenvalue weighted by Crippen LogP contribution is -2.15. The van der Waals surface area contributed by atoms with Gasteiger partial charge in [0.05, 0.1) is 39.6 Å². The molecule has 4 heteroatoms. The lowest BCUT2D eigenvalue weighted by atomic mass is 10.1. The molecule has 33 heavy (non-hydrogen) atoms. The van der Waals surface area contributed by atoms with Crippen molar-refractivity contribution in [3.63, 3.8) is 0 Å². The van der Waals surface area contributed by atoms with Crippen LogP contribution in [0.5, 0.6) is 5.75 Å². The zero-order valence-corrected chi connectivity index (χ0v) is 19.4. The predicted molar refractivity (Wildman–Crippen MR) is 132 cm³/mol. The second kappa shape index (κ2) is 15.0. The molecule has 0 heterocycles. The van der Waals surface area contributed by atoms with Crippen molar-refractivity contribution in [3.8, 4) is 5.75 Å². The fourth-order valence-electron chi connectivity index (χ4n) is 3.32. The normalized spacial score (nSPS) is 12.2. The van der Waals surface area contributed by atoms with Crippen LogP contribution in [-0.4, -0.2) is 26.4 Å². The average Bonchev–Trinajstić information content (AvgIpc) is 2.88. The molecule has 3 aromatic rings. The molecule has 0 saturated carbocycles. The minimum absolute atomic E-state index is 0.0961. The Hall–Kier alpha value is -2.92. The maximum absolute atomic E-state index is 6.19. The number of hydrogen-bond donors (Lipinski definition) is 0. The Morgan fingerprint density at radius 3 is 1.94 bits per heavy atom. The third-order valence-corrected chi connectivity index (χ3v) is 5.23. The highest BCUT2D eigenvalue weighted by Crippen LogP contribution is 2.13. The summed E-state index contributed by atoms with van der Waals surface area (Å²) in [4.78, 5) is 0. The predicted octanol–water partition coefficient (Wildman–Crippen LogP) is 6.35. The SMILES string of the molecule is COc1ccc(COC/C=C/C[C@@H](CCOCc2ccccc2)OCc2ccccc2)cc1. The number of benzene rings is 3. The number of methoxy groups -OCH3 is 1. The van der Waals surface area contributed by atoms with E-state index in [-0.39, 0.29) is 6.10 Å². The lowest BCUT2D eigenvalue weighted by molar-refractivity contribution is 0.0104. The highest BCUT2D eigenvalue weighted by atomic mass is 16.5. The molecule has 3 rings (SSSR count). The van der Waals surface area contributed by atoms with Crippen molar-refractivity contribution in [1.29, 1.82) is 0 Å². The van der Waals surface area contributed by atoms with Crippen LogP contribution in [0.1, 0.15) is 29.5 Å². The highest BCUT2D eigenvalue weighted by molar-refractivity contribution is 5.26. The van der Waals surface area contributed by atoms with Gasteiger partial charge in [-0.25, -0.2) is 0 Å². The molecule has 0 bridgehead atoms. The van der Waals surface area contributed by atoms with E-state index >= 15 is 0 Å². The molecule has 0 saturated heterocycles. The molecule has 3 aromatic carbocycles. The monoisotopic (exact) mass is 446 g/mol. The van der Waals surface area contributed by atoms with Gasteiger partial charge in [-0.2, -0.15) is 0 Å². The van der Waals surface area contributed by atoms with Crippen LogP contribution in [0.25, 0.3) is 0 Å². The average molecular weight is 447 g/mol. The van der Waals surface area contributed by atoms with E-state index in [2.05, 4.69) is 36.4 Å². The van der Waals surface area contributed by atoms with Crippen molar-refractivity contribution in [2.24, 2.45) is 0 Å². The number of rotatable bonds is 15. The van der Waals surface area contributed by atoms with Crippen molar-refractivity contribution in [2.45, 2.75) is 38.8 Å². The van der Waals surface area contributed by atoms with Crippen molar-refractivity contribution < 1.29 is 18.9 Å². The van der Waals surface area contributed by atoms with E-state index in [1.54, 1.807) is 7.11 Å². The molecule has 0 aliphatic rings. The minimum atomic E-state index is 0.0961. The first-order valence-electron chi connectivity index (χ1n) is 11.5. The van der Waals surface area contributed by atoms with Gasteiger partial charge >= 0.3 is 0 Å². The van der Waals surface area contributed by atoms with Crippen molar-refractivity contribution in [1.82, 2.24) is 0 Å². The van der Waals surface area contributed by atoms with Gasteiger partial charge in [-0.3, -0.25) is 0 Å². The van der Waals surface area contributed by atoms with Crippen molar-refractivity contribution in [2.75, 3.05) is 20.3 Å². The number of hydrogen-bond acceptors (Lipinski definition) is 4. The van der Waals surface area contributed by atoms with E-state index in [0.29, 0.717) is 33.0 Å². The van der Waals surface area contributed by atoms with Crippen molar-refractivity contribution in [3.05, 3.63) is 114 Å². The summed E-state index contributed by atoms with van der Waals surface area (Å²) in [6.07, 6.45) is 5.97. The molecular weight excluding hydrogens is 412 g/mol. The summed E-state index contributed by atoms with van der Waals surface area (Å²) in [6, 6.07) is 28.5. The Kier molecular flexibility index (Phi) is 11.2. The summed E-state index contributed by atoms with van der Waals surface area (Å²) in [7, 11) is 1.67. The highest BCUT2D eigenvalue weighted by Gasteiger charge is 2.08. The van der Waals surface area contributed by atoms with E-state index in [1.165, 1.54) is 11.1 Å². The molecule has 0 N–H and O–H groups in total. The van der Waals surface area contributed by atoms with Crippen LogP contribution in [0, 0.1) is 0 Å². The Morgan fingerprint density at radius 2 is 1.27 bits per heavy atom. The van der Waals surface area contributed by atoms with Crippen LogP contribution in [0.2, 0.25) is 0 Å². The van der Waals surface area contributed by atoms with Gasteiger partial charge in [-0.05, 0) is 41.7 Å². The van der Waals surface area contributed by atoms with Gasteiger partial charge in [0.2, 0.25) is 0 Å². The van der Waals surface area contributed by atoms with E-state index in [0.717, 1.165) is 24.2 Å². The maximum atomic E-state index is 6.19. The van der Waals surface area contributed by atoms with E-state index < -0.39 is 0 Å². The maximum Gasteiger partial charge on any atom is 0.118 e. The Bertz CT molecular complexity index is 907. The molecule has 0 spiro atoms. The summed E-state index contributed by atoms with van der Waals surface area (Å²) >= 11 is 0. The van der Waals surface area contributed by atoms with Crippen LogP contribution in [0.3, 0.4) is 0 Å². The largest absolute Gasteiger partial charge is 0.497 e. The molecule has 0 amide bonds. The van der Waals surface area contributed by atoms with Gasteiger partial charge in [0.15, 0.2) is 0 Å². The van der Waals surface area contributed by atoms with E-state index in [9.17, 15) is 0 Å². The second-order valence-corrected chi connectivity index (χ2v) is 7.82. The Balaban J connectivity index is 1.39. The summed E-state index contributed by atoms with van der Waals surface area (Å²) in [5.74, 6) is 0.855. The van der Waals surface area contributed by atoms with Gasteiger partial charge in [-0.15, -0.1) is 0 Å². The lowest BCUT2D eigenvalue weighted by Gasteiger charge is -2.17. The third-order valence-electron chi connectivity index (χ3n) is 5.23.